The number of benzene rings is 4. The van der Waals surface area contributed by atoms with Crippen molar-refractivity contribution in [2.75, 3.05) is 10.6 Å². The number of carbonyl (C=O) groups is 2. The molecule has 0 atom stereocenters. The average molecular weight is 449 g/mol. The van der Waals surface area contributed by atoms with Crippen LogP contribution < -0.4 is 10.6 Å². The van der Waals surface area contributed by atoms with Gasteiger partial charge in [0.05, 0.1) is 0 Å². The number of anilines is 2. The Balaban J connectivity index is 1.43. The Hall–Kier alpha value is -4.18. The van der Waals surface area contributed by atoms with E-state index < -0.39 is 0 Å². The molecular formula is C30H28N2O2. The van der Waals surface area contributed by atoms with Gasteiger partial charge in [0, 0.05) is 22.5 Å². The molecule has 0 radical (unpaired) electrons. The molecule has 0 aliphatic carbocycles. The Labute approximate surface area is 200 Å². The predicted octanol–water partition coefficient (Wildman–Crippen LogP) is 6.71. The van der Waals surface area contributed by atoms with E-state index in [2.05, 4.69) is 16.7 Å². The summed E-state index contributed by atoms with van der Waals surface area (Å²) in [6.07, 6.45) is 0.754. The van der Waals surface area contributed by atoms with Gasteiger partial charge in [-0.1, -0.05) is 48.0 Å². The number of hydrogen-bond donors (Lipinski definition) is 2. The van der Waals surface area contributed by atoms with Gasteiger partial charge in [0.2, 0.25) is 0 Å². The van der Waals surface area contributed by atoms with Crippen molar-refractivity contribution in [3.63, 3.8) is 0 Å². The SMILES string of the molecule is Cc1ccc(C(=O)Nc2ccc(Cc3ccc(C(=O)Nc4ccccc4)cc3C)c(C)c2)cc1. The summed E-state index contributed by atoms with van der Waals surface area (Å²) in [5.41, 5.74) is 8.46. The summed E-state index contributed by atoms with van der Waals surface area (Å²) in [4.78, 5) is 25.1. The lowest BCUT2D eigenvalue weighted by Crippen LogP contribution is -2.12. The standard InChI is InChI=1S/C30H28N2O2/c1-20-9-11-23(12-10-20)29(33)32-28-16-15-25(22(3)18-28)19-24-13-14-26(17-21(24)2)30(34)31-27-7-5-4-6-8-27/h4-18H,19H2,1-3H3,(H,31,34)(H,32,33). The summed E-state index contributed by atoms with van der Waals surface area (Å²) in [5.74, 6) is -0.238. The zero-order valence-electron chi connectivity index (χ0n) is 19.7. The summed E-state index contributed by atoms with van der Waals surface area (Å²) in [6, 6.07) is 28.8. The van der Waals surface area contributed by atoms with E-state index in [4.69, 9.17) is 0 Å². The molecule has 4 nitrogen and oxygen atoms in total. The minimum Gasteiger partial charge on any atom is -0.322 e. The molecule has 0 aromatic heterocycles. The minimum absolute atomic E-state index is 0.118. The molecule has 2 N–H and O–H groups in total. The van der Waals surface area contributed by atoms with Crippen LogP contribution in [0.2, 0.25) is 0 Å². The third-order valence-electron chi connectivity index (χ3n) is 5.93. The second kappa shape index (κ2) is 10.2. The smallest absolute Gasteiger partial charge is 0.255 e. The molecule has 4 heteroatoms. The fraction of sp³-hybridized carbons (Fsp3) is 0.133. The lowest BCUT2D eigenvalue weighted by molar-refractivity contribution is 0.101. The van der Waals surface area contributed by atoms with Crippen LogP contribution in [0.4, 0.5) is 11.4 Å². The first-order chi connectivity index (χ1) is 16.4. The normalized spacial score (nSPS) is 10.6. The van der Waals surface area contributed by atoms with E-state index in [0.717, 1.165) is 40.0 Å². The number of carbonyl (C=O) groups excluding carboxylic acids is 2. The Kier molecular flexibility index (Phi) is 6.88. The maximum Gasteiger partial charge on any atom is 0.255 e. The van der Waals surface area contributed by atoms with E-state index in [1.807, 2.05) is 106 Å². The van der Waals surface area contributed by atoms with Crippen LogP contribution in [-0.2, 0) is 6.42 Å². The van der Waals surface area contributed by atoms with E-state index in [1.54, 1.807) is 0 Å². The molecule has 0 spiro atoms. The highest BCUT2D eigenvalue weighted by molar-refractivity contribution is 6.05. The maximum absolute atomic E-state index is 12.6. The predicted molar refractivity (Wildman–Crippen MR) is 139 cm³/mol. The summed E-state index contributed by atoms with van der Waals surface area (Å²) < 4.78 is 0. The quantitative estimate of drug-likeness (QED) is 0.344. The third kappa shape index (κ3) is 5.59. The second-order valence-corrected chi connectivity index (χ2v) is 8.60. The van der Waals surface area contributed by atoms with Crippen molar-refractivity contribution >= 4 is 23.2 Å². The van der Waals surface area contributed by atoms with Crippen LogP contribution >= 0.6 is 0 Å². The summed E-state index contributed by atoms with van der Waals surface area (Å²) in [6.45, 7) is 6.08. The molecule has 0 saturated carbocycles. The van der Waals surface area contributed by atoms with E-state index in [1.165, 1.54) is 5.56 Å². The molecule has 0 aliphatic rings. The molecular weight excluding hydrogens is 420 g/mol. The van der Waals surface area contributed by atoms with Gasteiger partial charge in [-0.2, -0.15) is 0 Å². The zero-order chi connectivity index (χ0) is 24.1. The molecule has 0 fully saturated rings. The van der Waals surface area contributed by atoms with Crippen molar-refractivity contribution in [3.05, 3.63) is 130 Å². The molecule has 0 unspecified atom stereocenters. The van der Waals surface area contributed by atoms with Crippen molar-refractivity contribution in [1.29, 1.82) is 0 Å². The Morgan fingerprint density at radius 3 is 1.79 bits per heavy atom. The molecule has 0 bridgehead atoms. The van der Waals surface area contributed by atoms with Crippen LogP contribution in [-0.4, -0.2) is 11.8 Å². The average Bonchev–Trinajstić information content (AvgIpc) is 2.83. The lowest BCUT2D eigenvalue weighted by Gasteiger charge is -2.13. The highest BCUT2D eigenvalue weighted by Gasteiger charge is 2.11. The fourth-order valence-corrected chi connectivity index (χ4v) is 3.85. The van der Waals surface area contributed by atoms with Gasteiger partial charge in [-0.05, 0) is 98.0 Å². The number of nitrogens with one attached hydrogen (secondary N) is 2. The number of hydrogen-bond acceptors (Lipinski definition) is 2. The molecule has 0 heterocycles. The number of amides is 2. The van der Waals surface area contributed by atoms with Crippen LogP contribution in [0.3, 0.4) is 0 Å². The zero-order valence-corrected chi connectivity index (χ0v) is 19.7. The van der Waals surface area contributed by atoms with Crippen LogP contribution in [0.5, 0.6) is 0 Å². The Morgan fingerprint density at radius 2 is 1.15 bits per heavy atom. The molecule has 4 aromatic rings. The van der Waals surface area contributed by atoms with Gasteiger partial charge in [0.15, 0.2) is 0 Å². The number of rotatable bonds is 6. The lowest BCUT2D eigenvalue weighted by atomic mass is 9.95. The maximum atomic E-state index is 12.6. The van der Waals surface area contributed by atoms with Crippen molar-refractivity contribution in [2.45, 2.75) is 27.2 Å². The first kappa shape index (κ1) is 23.0. The van der Waals surface area contributed by atoms with Gasteiger partial charge in [-0.25, -0.2) is 0 Å². The largest absolute Gasteiger partial charge is 0.322 e. The highest BCUT2D eigenvalue weighted by Crippen LogP contribution is 2.22. The molecule has 0 aliphatic heterocycles. The van der Waals surface area contributed by atoms with Gasteiger partial charge in [0.1, 0.15) is 0 Å². The van der Waals surface area contributed by atoms with Crippen LogP contribution in [0.1, 0.15) is 48.5 Å². The molecule has 0 saturated heterocycles. The summed E-state index contributed by atoms with van der Waals surface area (Å²) in [5, 5.41) is 5.90. The van der Waals surface area contributed by atoms with Crippen LogP contribution in [0.15, 0.2) is 91.0 Å². The monoisotopic (exact) mass is 448 g/mol. The topological polar surface area (TPSA) is 58.2 Å². The van der Waals surface area contributed by atoms with Gasteiger partial charge < -0.3 is 10.6 Å². The minimum atomic E-state index is -0.120. The number of para-hydroxylation sites is 1. The molecule has 4 aromatic carbocycles. The first-order valence-corrected chi connectivity index (χ1v) is 11.3. The van der Waals surface area contributed by atoms with E-state index in [9.17, 15) is 9.59 Å². The first-order valence-electron chi connectivity index (χ1n) is 11.3. The van der Waals surface area contributed by atoms with Gasteiger partial charge >= 0.3 is 0 Å². The van der Waals surface area contributed by atoms with Crippen LogP contribution in [0.25, 0.3) is 0 Å². The van der Waals surface area contributed by atoms with Crippen molar-refractivity contribution in [3.8, 4) is 0 Å². The van der Waals surface area contributed by atoms with E-state index >= 15 is 0 Å². The Morgan fingerprint density at radius 1 is 0.588 bits per heavy atom. The molecule has 4 rings (SSSR count). The third-order valence-corrected chi connectivity index (χ3v) is 5.93. The van der Waals surface area contributed by atoms with Crippen LogP contribution in [0, 0.1) is 20.8 Å². The van der Waals surface area contributed by atoms with Gasteiger partial charge in [0.25, 0.3) is 11.8 Å². The summed E-state index contributed by atoms with van der Waals surface area (Å²) in [7, 11) is 0. The van der Waals surface area contributed by atoms with Crippen molar-refractivity contribution in [2.24, 2.45) is 0 Å². The van der Waals surface area contributed by atoms with E-state index in [-0.39, 0.29) is 11.8 Å². The molecule has 34 heavy (non-hydrogen) atoms. The van der Waals surface area contributed by atoms with Crippen molar-refractivity contribution < 1.29 is 9.59 Å². The highest BCUT2D eigenvalue weighted by atomic mass is 16.2. The molecule has 170 valence electrons. The second-order valence-electron chi connectivity index (χ2n) is 8.60. The number of aryl methyl sites for hydroxylation is 3. The fourth-order valence-electron chi connectivity index (χ4n) is 3.85. The summed E-state index contributed by atoms with van der Waals surface area (Å²) >= 11 is 0. The van der Waals surface area contributed by atoms with Gasteiger partial charge in [-0.15, -0.1) is 0 Å². The van der Waals surface area contributed by atoms with Gasteiger partial charge in [-0.3, -0.25) is 9.59 Å². The Bertz CT molecular complexity index is 1330. The van der Waals surface area contributed by atoms with Crippen molar-refractivity contribution in [1.82, 2.24) is 0 Å². The molecule has 2 amide bonds. The van der Waals surface area contributed by atoms with E-state index in [0.29, 0.717) is 11.1 Å².